The summed E-state index contributed by atoms with van der Waals surface area (Å²) in [5.74, 6) is 0.687. The molecule has 57 heavy (non-hydrogen) atoms. The second-order valence-electron chi connectivity index (χ2n) is 11.8. The maximum absolute atomic E-state index is 13.3. The molecule has 0 bridgehead atoms. The summed E-state index contributed by atoms with van der Waals surface area (Å²) in [5, 5.41) is 6.14. The molecule has 4 aromatic carbocycles. The molecule has 0 aliphatic carbocycles. The largest absolute Gasteiger partial charge is 0.573 e. The number of nitrogens with one attached hydrogen (secondary N) is 2. The average Bonchev–Trinajstić information content (AvgIpc) is 3.16. The van der Waals surface area contributed by atoms with Gasteiger partial charge >= 0.3 is 12.7 Å². The number of nitrogens with zero attached hydrogens (tertiary/aromatic N) is 5. The van der Waals surface area contributed by atoms with Crippen molar-refractivity contribution in [3.63, 3.8) is 0 Å². The Kier molecular flexibility index (Phi) is 12.5. The Labute approximate surface area is 324 Å². The smallest absolute Gasteiger partial charge is 0.406 e. The normalized spacial score (nSPS) is 13.0. The molecule has 0 spiro atoms. The van der Waals surface area contributed by atoms with Gasteiger partial charge in [0.1, 0.15) is 45.7 Å². The van der Waals surface area contributed by atoms with E-state index in [1.165, 1.54) is 91.0 Å². The predicted octanol–water partition coefficient (Wildman–Crippen LogP) is 10.3. The van der Waals surface area contributed by atoms with Gasteiger partial charge in [-0.05, 0) is 97.1 Å². The number of halogens is 9. The number of alkyl halides is 6. The lowest BCUT2D eigenvalue weighted by atomic mass is 10.2. The molecule has 19 heteroatoms. The predicted molar refractivity (Wildman–Crippen MR) is 196 cm³/mol. The van der Waals surface area contributed by atoms with Gasteiger partial charge in [-0.1, -0.05) is 11.6 Å². The van der Waals surface area contributed by atoms with Crippen molar-refractivity contribution in [1.82, 2.24) is 19.9 Å². The van der Waals surface area contributed by atoms with E-state index in [-0.39, 0.29) is 28.3 Å². The van der Waals surface area contributed by atoms with E-state index in [4.69, 9.17) is 16.3 Å². The van der Waals surface area contributed by atoms with Crippen LogP contribution in [0, 0.1) is 11.6 Å². The van der Waals surface area contributed by atoms with Crippen LogP contribution < -0.4 is 25.0 Å². The fourth-order valence-electron chi connectivity index (χ4n) is 5.17. The van der Waals surface area contributed by atoms with Crippen molar-refractivity contribution in [2.75, 3.05) is 41.8 Å². The topological polar surface area (TPSA) is 107 Å². The lowest BCUT2D eigenvalue weighted by Crippen LogP contribution is -2.36. The fraction of sp³-hybridized carbons (Fsp3) is 0.158. The average molecular weight is 818 g/mol. The maximum atomic E-state index is 13.3. The molecule has 0 amide bonds. The Morgan fingerprint density at radius 3 is 1.42 bits per heavy atom. The molecule has 0 radical (unpaired) electrons. The Morgan fingerprint density at radius 2 is 0.982 bits per heavy atom. The molecule has 1 saturated heterocycles. The first kappa shape index (κ1) is 40.4. The highest BCUT2D eigenvalue weighted by Gasteiger charge is 2.31. The summed E-state index contributed by atoms with van der Waals surface area (Å²) in [7, 11) is 0. The molecular weight excluding hydrogens is 790 g/mol. The van der Waals surface area contributed by atoms with Crippen molar-refractivity contribution in [3.8, 4) is 34.3 Å². The first-order valence-electron chi connectivity index (χ1n) is 16.7. The minimum absolute atomic E-state index is 0.152. The van der Waals surface area contributed by atoms with E-state index in [9.17, 15) is 35.1 Å². The van der Waals surface area contributed by atoms with Gasteiger partial charge < -0.3 is 29.7 Å². The number of benzene rings is 4. The van der Waals surface area contributed by atoms with Crippen LogP contribution in [0.5, 0.6) is 11.5 Å². The molecule has 0 atom stereocenters. The van der Waals surface area contributed by atoms with Crippen LogP contribution in [0.25, 0.3) is 22.8 Å². The molecule has 296 valence electrons. The zero-order valence-electron chi connectivity index (χ0n) is 29.1. The minimum Gasteiger partial charge on any atom is -0.406 e. The summed E-state index contributed by atoms with van der Waals surface area (Å²) >= 11 is 5.99. The van der Waals surface area contributed by atoms with Gasteiger partial charge in [-0.15, -0.1) is 26.3 Å². The standard InChI is InChI=1S/C21H18F4N4O2.C17H10ClF4N3O/c22-15-3-1-14(2-4-15)20-27-18(13-19(28-20)29-9-11-30-12-10-29)26-16-5-7-17(8-6-16)31-21(23,24)25;18-14-9-15(25-16(24-14)10-1-3-11(19)4-2-10)23-12-5-7-13(8-6-12)26-17(20,21)22/h1-8,13H,9-12H2,(H,26,27,28);1-9H,(H,23,24,25). The summed E-state index contributed by atoms with van der Waals surface area (Å²) in [6.07, 6.45) is -9.50. The van der Waals surface area contributed by atoms with Crippen LogP contribution in [0.15, 0.2) is 109 Å². The van der Waals surface area contributed by atoms with E-state index in [2.05, 4.69) is 40.0 Å². The SMILES string of the molecule is Fc1ccc(-c2nc(Cl)cc(Nc3ccc(OC(F)(F)F)cc3)n2)cc1.Fc1ccc(-c2nc(Nc3ccc(OC(F)(F)F)cc3)cc(N3CCOCC3)n2)cc1. The van der Waals surface area contributed by atoms with E-state index in [1.807, 2.05) is 4.90 Å². The van der Waals surface area contributed by atoms with Crippen molar-refractivity contribution in [3.05, 3.63) is 126 Å². The van der Waals surface area contributed by atoms with E-state index in [0.29, 0.717) is 72.1 Å². The third-order valence-electron chi connectivity index (χ3n) is 7.67. The monoisotopic (exact) mass is 817 g/mol. The molecule has 6 aromatic rings. The molecule has 7 rings (SSSR count). The molecule has 1 fully saturated rings. The van der Waals surface area contributed by atoms with E-state index >= 15 is 0 Å². The molecule has 2 aromatic heterocycles. The number of rotatable bonds is 9. The molecule has 1 aliphatic heterocycles. The number of hydrogen-bond donors (Lipinski definition) is 2. The third-order valence-corrected chi connectivity index (χ3v) is 7.86. The number of morpholine rings is 1. The lowest BCUT2D eigenvalue weighted by Gasteiger charge is -2.28. The Hall–Kier alpha value is -6.27. The van der Waals surface area contributed by atoms with Crippen molar-refractivity contribution in [1.29, 1.82) is 0 Å². The summed E-state index contributed by atoms with van der Waals surface area (Å²) in [6, 6.07) is 25.0. The number of anilines is 5. The van der Waals surface area contributed by atoms with Crippen LogP contribution in [-0.2, 0) is 4.74 Å². The van der Waals surface area contributed by atoms with Crippen molar-refractivity contribution in [2.45, 2.75) is 12.7 Å². The number of aromatic nitrogens is 4. The highest BCUT2D eigenvalue weighted by molar-refractivity contribution is 6.29. The van der Waals surface area contributed by atoms with Gasteiger partial charge in [0.15, 0.2) is 11.6 Å². The van der Waals surface area contributed by atoms with Crippen molar-refractivity contribution < 1.29 is 49.3 Å². The number of hydrogen-bond acceptors (Lipinski definition) is 10. The fourth-order valence-corrected chi connectivity index (χ4v) is 5.35. The highest BCUT2D eigenvalue weighted by atomic mass is 35.5. The maximum Gasteiger partial charge on any atom is 0.573 e. The summed E-state index contributed by atoms with van der Waals surface area (Å²) in [5.41, 5.74) is 2.19. The number of ether oxygens (including phenoxy) is 3. The molecule has 2 N–H and O–H groups in total. The molecular formula is C38H28ClF8N7O3. The van der Waals surface area contributed by atoms with Gasteiger partial charge in [0.05, 0.1) is 13.2 Å². The minimum atomic E-state index is -4.75. The molecule has 1 aliphatic rings. The Balaban J connectivity index is 0.000000196. The van der Waals surface area contributed by atoms with E-state index in [1.54, 1.807) is 18.2 Å². The Bertz CT molecular complexity index is 2240. The third kappa shape index (κ3) is 12.4. The zero-order chi connectivity index (χ0) is 40.6. The van der Waals surface area contributed by atoms with Crippen LogP contribution in [0.1, 0.15) is 0 Å². The van der Waals surface area contributed by atoms with Crippen LogP contribution in [0.2, 0.25) is 5.15 Å². The Morgan fingerprint density at radius 1 is 0.561 bits per heavy atom. The van der Waals surface area contributed by atoms with Crippen LogP contribution >= 0.6 is 11.6 Å². The van der Waals surface area contributed by atoms with E-state index < -0.39 is 18.5 Å². The first-order valence-corrected chi connectivity index (χ1v) is 17.1. The van der Waals surface area contributed by atoms with Gasteiger partial charge in [0.2, 0.25) is 0 Å². The summed E-state index contributed by atoms with van der Waals surface area (Å²) < 4.78 is 113. The van der Waals surface area contributed by atoms with Gasteiger partial charge in [-0.25, -0.2) is 28.7 Å². The van der Waals surface area contributed by atoms with Crippen LogP contribution in [-0.4, -0.2) is 59.0 Å². The second kappa shape index (κ2) is 17.7. The van der Waals surface area contributed by atoms with Crippen molar-refractivity contribution >= 4 is 40.4 Å². The zero-order valence-corrected chi connectivity index (χ0v) is 29.8. The quantitative estimate of drug-likeness (QED) is 0.108. The van der Waals surface area contributed by atoms with Crippen LogP contribution in [0.4, 0.5) is 64.0 Å². The van der Waals surface area contributed by atoms with Gasteiger partial charge in [-0.3, -0.25) is 0 Å². The van der Waals surface area contributed by atoms with Crippen LogP contribution in [0.3, 0.4) is 0 Å². The van der Waals surface area contributed by atoms with Gasteiger partial charge in [-0.2, -0.15) is 0 Å². The lowest BCUT2D eigenvalue weighted by molar-refractivity contribution is -0.275. The first-order chi connectivity index (χ1) is 27.1. The second-order valence-corrected chi connectivity index (χ2v) is 12.2. The molecule has 3 heterocycles. The summed E-state index contributed by atoms with van der Waals surface area (Å²) in [4.78, 5) is 19.5. The molecule has 0 unspecified atom stereocenters. The van der Waals surface area contributed by atoms with Crippen molar-refractivity contribution in [2.24, 2.45) is 0 Å². The highest BCUT2D eigenvalue weighted by Crippen LogP contribution is 2.29. The van der Waals surface area contributed by atoms with E-state index in [0.717, 1.165) is 0 Å². The summed E-state index contributed by atoms with van der Waals surface area (Å²) in [6.45, 7) is 2.45. The van der Waals surface area contributed by atoms with Gasteiger partial charge in [0.25, 0.3) is 0 Å². The van der Waals surface area contributed by atoms with Gasteiger partial charge in [0, 0.05) is 47.7 Å². The molecule has 10 nitrogen and oxygen atoms in total. The molecule has 0 saturated carbocycles.